The minimum absolute atomic E-state index is 0.0149. The highest BCUT2D eigenvalue weighted by atomic mass is 16.5. The minimum atomic E-state index is -1.28. The number of fused-ring (bicyclic) bond motifs is 3. The number of hydrogen-bond donors (Lipinski definition) is 4. The van der Waals surface area contributed by atoms with E-state index in [0.29, 0.717) is 6.54 Å². The lowest BCUT2D eigenvalue weighted by Crippen LogP contribution is -2.43. The molecule has 4 rings (SSSR count). The van der Waals surface area contributed by atoms with Crippen LogP contribution in [0.2, 0.25) is 0 Å². The van der Waals surface area contributed by atoms with Gasteiger partial charge in [0, 0.05) is 18.9 Å². The molecule has 0 aliphatic heterocycles. The SMILES string of the molecule is O=C(CC1CCC(CNC(=O)OCC2c3ccccc3-c3ccccc32)C1)NC(CO)C(=O)O. The number of aliphatic hydroxyl groups is 1. The van der Waals surface area contributed by atoms with Gasteiger partial charge in [-0.1, -0.05) is 48.5 Å². The molecule has 3 atom stereocenters. The Morgan fingerprint density at radius 3 is 2.21 bits per heavy atom. The Morgan fingerprint density at radius 1 is 0.971 bits per heavy atom. The van der Waals surface area contributed by atoms with E-state index in [1.807, 2.05) is 24.3 Å². The first-order chi connectivity index (χ1) is 16.5. The van der Waals surface area contributed by atoms with Crippen molar-refractivity contribution in [3.8, 4) is 11.1 Å². The summed E-state index contributed by atoms with van der Waals surface area (Å²) in [5.74, 6) is -1.25. The van der Waals surface area contributed by atoms with Crippen molar-refractivity contribution in [1.29, 1.82) is 0 Å². The van der Waals surface area contributed by atoms with E-state index in [4.69, 9.17) is 14.9 Å². The molecule has 0 heterocycles. The summed E-state index contributed by atoms with van der Waals surface area (Å²) < 4.78 is 5.58. The van der Waals surface area contributed by atoms with Crippen LogP contribution in [0.5, 0.6) is 0 Å². The number of amides is 2. The summed E-state index contributed by atoms with van der Waals surface area (Å²) in [5, 5.41) is 23.2. The van der Waals surface area contributed by atoms with Crippen LogP contribution in [-0.2, 0) is 14.3 Å². The highest BCUT2D eigenvalue weighted by Crippen LogP contribution is 2.44. The summed E-state index contributed by atoms with van der Waals surface area (Å²) in [5.41, 5.74) is 4.70. The Labute approximate surface area is 198 Å². The molecule has 8 nitrogen and oxygen atoms in total. The van der Waals surface area contributed by atoms with E-state index < -0.39 is 24.7 Å². The van der Waals surface area contributed by atoms with Crippen LogP contribution in [-0.4, -0.2) is 54.0 Å². The number of hydrogen-bond acceptors (Lipinski definition) is 5. The molecule has 4 N–H and O–H groups in total. The van der Waals surface area contributed by atoms with Crippen molar-refractivity contribution in [2.75, 3.05) is 19.8 Å². The highest BCUT2D eigenvalue weighted by Gasteiger charge is 2.30. The third-order valence-electron chi connectivity index (χ3n) is 6.82. The van der Waals surface area contributed by atoms with E-state index >= 15 is 0 Å². The molecule has 2 aromatic rings. The van der Waals surface area contributed by atoms with Gasteiger partial charge in [0.2, 0.25) is 5.91 Å². The van der Waals surface area contributed by atoms with Crippen molar-refractivity contribution in [3.05, 3.63) is 59.7 Å². The molecular weight excluding hydrogens is 436 g/mol. The number of carboxylic acid groups (broad SMARTS) is 1. The third-order valence-corrected chi connectivity index (χ3v) is 6.82. The van der Waals surface area contributed by atoms with Gasteiger partial charge in [0.15, 0.2) is 0 Å². The van der Waals surface area contributed by atoms with Gasteiger partial charge in [-0.15, -0.1) is 0 Å². The van der Waals surface area contributed by atoms with Gasteiger partial charge in [-0.3, -0.25) is 4.79 Å². The van der Waals surface area contributed by atoms with Crippen molar-refractivity contribution < 1.29 is 29.3 Å². The lowest BCUT2D eigenvalue weighted by molar-refractivity contribution is -0.143. The first-order valence-corrected chi connectivity index (χ1v) is 11.7. The molecule has 0 bridgehead atoms. The monoisotopic (exact) mass is 466 g/mol. The molecule has 0 radical (unpaired) electrons. The topological polar surface area (TPSA) is 125 Å². The van der Waals surface area contributed by atoms with E-state index in [2.05, 4.69) is 34.9 Å². The molecule has 0 spiro atoms. The maximum absolute atomic E-state index is 12.4. The molecule has 34 heavy (non-hydrogen) atoms. The standard InChI is InChI=1S/C26H30N2O6/c29-14-23(25(31)32)28-24(30)12-16-9-10-17(11-16)13-27-26(33)34-15-22-20-7-3-1-5-18(20)19-6-2-4-8-21(19)22/h1-8,16-17,22-23,29H,9-15H2,(H,27,33)(H,28,30)(H,31,32). The second-order valence-corrected chi connectivity index (χ2v) is 9.10. The number of carbonyl (C=O) groups excluding carboxylic acids is 2. The van der Waals surface area contributed by atoms with E-state index in [1.165, 1.54) is 22.3 Å². The first kappa shape index (κ1) is 23.8. The van der Waals surface area contributed by atoms with E-state index in [0.717, 1.165) is 19.3 Å². The first-order valence-electron chi connectivity index (χ1n) is 11.7. The van der Waals surface area contributed by atoms with Crippen molar-refractivity contribution in [2.45, 2.75) is 37.6 Å². The van der Waals surface area contributed by atoms with E-state index in [9.17, 15) is 14.4 Å². The predicted molar refractivity (Wildman–Crippen MR) is 125 cm³/mol. The van der Waals surface area contributed by atoms with Crippen LogP contribution in [0.25, 0.3) is 11.1 Å². The van der Waals surface area contributed by atoms with Crippen LogP contribution in [0.1, 0.15) is 42.7 Å². The van der Waals surface area contributed by atoms with Gasteiger partial charge in [-0.05, 0) is 53.4 Å². The van der Waals surface area contributed by atoms with Crippen LogP contribution in [0.15, 0.2) is 48.5 Å². The van der Waals surface area contributed by atoms with Crippen molar-refractivity contribution in [3.63, 3.8) is 0 Å². The Hall–Kier alpha value is -3.39. The summed E-state index contributed by atoms with van der Waals surface area (Å²) in [7, 11) is 0. The van der Waals surface area contributed by atoms with Crippen LogP contribution in [0.3, 0.4) is 0 Å². The molecular formula is C26H30N2O6. The smallest absolute Gasteiger partial charge is 0.407 e. The molecule has 180 valence electrons. The maximum Gasteiger partial charge on any atom is 0.407 e. The zero-order valence-electron chi connectivity index (χ0n) is 18.9. The van der Waals surface area contributed by atoms with Crippen LogP contribution in [0.4, 0.5) is 4.79 Å². The summed E-state index contributed by atoms with van der Waals surface area (Å²) in [6.07, 6.45) is 2.25. The van der Waals surface area contributed by atoms with Gasteiger partial charge >= 0.3 is 12.1 Å². The number of nitrogens with one attached hydrogen (secondary N) is 2. The number of aliphatic carboxylic acids is 1. The average Bonchev–Trinajstić information content (AvgIpc) is 3.41. The Bertz CT molecular complexity index is 1010. The Balaban J connectivity index is 1.21. The zero-order chi connectivity index (χ0) is 24.1. The number of ether oxygens (including phenoxy) is 1. The van der Waals surface area contributed by atoms with Gasteiger partial charge in [-0.25, -0.2) is 9.59 Å². The number of rotatable bonds is 9. The lowest BCUT2D eigenvalue weighted by atomic mass is 9.98. The molecule has 2 amide bonds. The fourth-order valence-corrected chi connectivity index (χ4v) is 5.13. The van der Waals surface area contributed by atoms with Gasteiger partial charge in [0.1, 0.15) is 12.6 Å². The summed E-state index contributed by atoms with van der Waals surface area (Å²) in [4.78, 5) is 35.4. The molecule has 8 heteroatoms. The van der Waals surface area contributed by atoms with Crippen LogP contribution in [0, 0.1) is 11.8 Å². The van der Waals surface area contributed by atoms with Crippen LogP contribution >= 0.6 is 0 Å². The molecule has 2 aromatic carbocycles. The summed E-state index contributed by atoms with van der Waals surface area (Å²) in [6.45, 7) is 0.102. The van der Waals surface area contributed by atoms with Crippen molar-refractivity contribution in [2.24, 2.45) is 11.8 Å². The highest BCUT2D eigenvalue weighted by molar-refractivity contribution is 5.83. The number of alkyl carbamates (subject to hydrolysis) is 1. The zero-order valence-corrected chi connectivity index (χ0v) is 18.9. The number of carboxylic acids is 1. The summed E-state index contributed by atoms with van der Waals surface area (Å²) in [6, 6.07) is 15.1. The average molecular weight is 467 g/mol. The number of benzene rings is 2. The second-order valence-electron chi connectivity index (χ2n) is 9.10. The fourth-order valence-electron chi connectivity index (χ4n) is 5.13. The summed E-state index contributed by atoms with van der Waals surface area (Å²) >= 11 is 0. The molecule has 3 unspecified atom stereocenters. The van der Waals surface area contributed by atoms with Gasteiger partial charge < -0.3 is 25.6 Å². The minimum Gasteiger partial charge on any atom is -0.480 e. The molecule has 1 fully saturated rings. The Kier molecular flexibility index (Phi) is 7.47. The predicted octanol–water partition coefficient (Wildman–Crippen LogP) is 2.89. The molecule has 1 saturated carbocycles. The Morgan fingerprint density at radius 2 is 1.59 bits per heavy atom. The van der Waals surface area contributed by atoms with Crippen molar-refractivity contribution >= 4 is 18.0 Å². The quantitative estimate of drug-likeness (QED) is 0.450. The third kappa shape index (κ3) is 5.39. The second kappa shape index (κ2) is 10.7. The largest absolute Gasteiger partial charge is 0.480 e. The van der Waals surface area contributed by atoms with Crippen molar-refractivity contribution in [1.82, 2.24) is 10.6 Å². The van der Waals surface area contributed by atoms with Crippen LogP contribution < -0.4 is 10.6 Å². The van der Waals surface area contributed by atoms with E-state index in [1.54, 1.807) is 0 Å². The molecule has 2 aliphatic carbocycles. The molecule has 0 aromatic heterocycles. The lowest BCUT2D eigenvalue weighted by Gasteiger charge is -2.16. The maximum atomic E-state index is 12.4. The van der Waals surface area contributed by atoms with Gasteiger partial charge in [0.05, 0.1) is 6.61 Å². The number of aliphatic hydroxyl groups excluding tert-OH is 1. The fraction of sp³-hybridized carbons (Fsp3) is 0.423. The van der Waals surface area contributed by atoms with E-state index in [-0.39, 0.29) is 36.7 Å². The normalized spacial score (nSPS) is 19.7. The molecule has 2 aliphatic rings. The molecule has 0 saturated heterocycles. The van der Waals surface area contributed by atoms with Gasteiger partial charge in [-0.2, -0.15) is 0 Å². The number of carbonyl (C=O) groups is 3. The van der Waals surface area contributed by atoms with Gasteiger partial charge in [0.25, 0.3) is 0 Å².